The lowest BCUT2D eigenvalue weighted by Crippen LogP contribution is -2.22. The monoisotopic (exact) mass is 218 g/mol. The molecule has 0 aliphatic carbocycles. The maximum atomic E-state index is 10.9. The summed E-state index contributed by atoms with van der Waals surface area (Å²) in [6, 6.07) is 0. The molecule has 0 aromatic rings. The lowest BCUT2D eigenvalue weighted by Gasteiger charge is -2.14. The average Bonchev–Trinajstić information content (AvgIpc) is 2.13. The first-order valence-corrected chi connectivity index (χ1v) is 4.58. The van der Waals surface area contributed by atoms with Crippen LogP contribution in [0.5, 0.6) is 0 Å². The maximum absolute atomic E-state index is 10.9. The smallest absolute Gasteiger partial charge is 0.307 e. The minimum absolute atomic E-state index is 0.0212. The van der Waals surface area contributed by atoms with Crippen LogP contribution in [0.1, 0.15) is 32.6 Å². The predicted molar refractivity (Wildman–Crippen MR) is 49.3 cm³/mol. The van der Waals surface area contributed by atoms with Crippen LogP contribution in [0.25, 0.3) is 0 Å². The van der Waals surface area contributed by atoms with Crippen LogP contribution in [0.4, 0.5) is 0 Å². The van der Waals surface area contributed by atoms with Crippen LogP contribution in [0.2, 0.25) is 0 Å². The Balaban J connectivity index is 4.11. The standard InChI is InChI=1S/C9H14O6/c1-2-9(14)15-6(5-8(12)13)3-4-7(10)11/h6H,2-5H2,1H3,(H,10,11)(H,12,13). The number of carboxylic acids is 2. The Morgan fingerprint density at radius 3 is 2.20 bits per heavy atom. The van der Waals surface area contributed by atoms with E-state index in [1.54, 1.807) is 6.92 Å². The summed E-state index contributed by atoms with van der Waals surface area (Å²) >= 11 is 0. The highest BCUT2D eigenvalue weighted by Crippen LogP contribution is 2.08. The number of carboxylic acid groups (broad SMARTS) is 2. The highest BCUT2D eigenvalue weighted by molar-refractivity contribution is 5.71. The molecule has 0 aromatic carbocycles. The molecule has 1 atom stereocenters. The van der Waals surface area contributed by atoms with Gasteiger partial charge in [-0.15, -0.1) is 0 Å². The second kappa shape index (κ2) is 6.80. The van der Waals surface area contributed by atoms with Crippen LogP contribution in [0.15, 0.2) is 0 Å². The van der Waals surface area contributed by atoms with Gasteiger partial charge in [0.1, 0.15) is 6.10 Å². The van der Waals surface area contributed by atoms with E-state index in [0.29, 0.717) is 0 Å². The summed E-state index contributed by atoms with van der Waals surface area (Å²) in [7, 11) is 0. The van der Waals surface area contributed by atoms with Crippen molar-refractivity contribution in [2.75, 3.05) is 0 Å². The summed E-state index contributed by atoms with van der Waals surface area (Å²) in [6.07, 6.45) is -1.27. The van der Waals surface area contributed by atoms with E-state index in [0.717, 1.165) is 0 Å². The Hall–Kier alpha value is -1.59. The van der Waals surface area contributed by atoms with E-state index in [1.807, 2.05) is 0 Å². The van der Waals surface area contributed by atoms with Gasteiger partial charge in [-0.25, -0.2) is 0 Å². The van der Waals surface area contributed by atoms with Crippen molar-refractivity contribution in [3.8, 4) is 0 Å². The molecule has 15 heavy (non-hydrogen) atoms. The van der Waals surface area contributed by atoms with Crippen LogP contribution in [0, 0.1) is 0 Å². The summed E-state index contributed by atoms with van der Waals surface area (Å²) in [5, 5.41) is 16.9. The van der Waals surface area contributed by atoms with E-state index in [-0.39, 0.29) is 25.7 Å². The highest BCUT2D eigenvalue weighted by Gasteiger charge is 2.18. The van der Waals surface area contributed by atoms with Gasteiger partial charge in [-0.2, -0.15) is 0 Å². The van der Waals surface area contributed by atoms with Crippen molar-refractivity contribution in [1.29, 1.82) is 0 Å². The normalized spacial score (nSPS) is 11.8. The number of carbonyl (C=O) groups is 3. The Bertz CT molecular complexity index is 247. The third-order valence-corrected chi connectivity index (χ3v) is 1.67. The van der Waals surface area contributed by atoms with Crippen molar-refractivity contribution >= 4 is 17.9 Å². The van der Waals surface area contributed by atoms with E-state index >= 15 is 0 Å². The van der Waals surface area contributed by atoms with Gasteiger partial charge in [0, 0.05) is 12.8 Å². The van der Waals surface area contributed by atoms with E-state index in [4.69, 9.17) is 14.9 Å². The third-order valence-electron chi connectivity index (χ3n) is 1.67. The molecule has 0 aromatic heterocycles. The molecule has 0 bridgehead atoms. The molecule has 0 spiro atoms. The van der Waals surface area contributed by atoms with Crippen molar-refractivity contribution in [3.63, 3.8) is 0 Å². The first kappa shape index (κ1) is 13.4. The van der Waals surface area contributed by atoms with Crippen LogP contribution in [0.3, 0.4) is 0 Å². The lowest BCUT2D eigenvalue weighted by atomic mass is 10.1. The molecule has 0 aliphatic heterocycles. The fourth-order valence-corrected chi connectivity index (χ4v) is 0.951. The van der Waals surface area contributed by atoms with Gasteiger partial charge >= 0.3 is 17.9 Å². The van der Waals surface area contributed by atoms with Crippen LogP contribution < -0.4 is 0 Å². The highest BCUT2D eigenvalue weighted by atomic mass is 16.5. The van der Waals surface area contributed by atoms with Crippen LogP contribution in [-0.4, -0.2) is 34.2 Å². The van der Waals surface area contributed by atoms with Gasteiger partial charge in [-0.1, -0.05) is 6.92 Å². The van der Waals surface area contributed by atoms with Crippen molar-refractivity contribution in [2.45, 2.75) is 38.7 Å². The van der Waals surface area contributed by atoms with Crippen LogP contribution >= 0.6 is 0 Å². The number of hydrogen-bond acceptors (Lipinski definition) is 4. The fraction of sp³-hybridized carbons (Fsp3) is 0.667. The average molecular weight is 218 g/mol. The molecule has 86 valence electrons. The van der Waals surface area contributed by atoms with Gasteiger partial charge in [-0.05, 0) is 6.42 Å². The van der Waals surface area contributed by atoms with Gasteiger partial charge in [0.15, 0.2) is 0 Å². The largest absolute Gasteiger partial charge is 0.481 e. The molecular weight excluding hydrogens is 204 g/mol. The van der Waals surface area contributed by atoms with E-state index in [1.165, 1.54) is 0 Å². The molecule has 2 N–H and O–H groups in total. The minimum atomic E-state index is -1.12. The summed E-state index contributed by atoms with van der Waals surface area (Å²) < 4.78 is 4.78. The Morgan fingerprint density at radius 1 is 1.20 bits per heavy atom. The number of rotatable bonds is 7. The Morgan fingerprint density at radius 2 is 1.80 bits per heavy atom. The van der Waals surface area contributed by atoms with Crippen molar-refractivity contribution in [2.24, 2.45) is 0 Å². The third kappa shape index (κ3) is 7.48. The molecule has 1 unspecified atom stereocenters. The molecule has 0 saturated heterocycles. The second-order valence-electron chi connectivity index (χ2n) is 3.00. The SMILES string of the molecule is CCC(=O)OC(CCC(=O)O)CC(=O)O. The van der Waals surface area contributed by atoms with Crippen molar-refractivity contribution in [3.05, 3.63) is 0 Å². The van der Waals surface area contributed by atoms with Crippen LogP contribution in [-0.2, 0) is 19.1 Å². The summed E-state index contributed by atoms with van der Waals surface area (Å²) in [6.45, 7) is 1.58. The predicted octanol–water partition coefficient (Wildman–Crippen LogP) is 0.648. The van der Waals surface area contributed by atoms with E-state index in [9.17, 15) is 14.4 Å². The number of carbonyl (C=O) groups excluding carboxylic acids is 1. The zero-order valence-corrected chi connectivity index (χ0v) is 8.43. The quantitative estimate of drug-likeness (QED) is 0.608. The first-order chi connectivity index (χ1) is 6.95. The zero-order chi connectivity index (χ0) is 11.8. The summed E-state index contributed by atoms with van der Waals surface area (Å²) in [4.78, 5) is 31.5. The van der Waals surface area contributed by atoms with E-state index < -0.39 is 24.0 Å². The summed E-state index contributed by atoms with van der Waals surface area (Å²) in [5.41, 5.74) is 0. The molecule has 6 nitrogen and oxygen atoms in total. The lowest BCUT2D eigenvalue weighted by molar-refractivity contribution is -0.154. The number of esters is 1. The molecule has 0 aliphatic rings. The Kier molecular flexibility index (Phi) is 6.08. The molecule has 0 radical (unpaired) electrons. The van der Waals surface area contributed by atoms with Gasteiger partial charge < -0.3 is 14.9 Å². The summed E-state index contributed by atoms with van der Waals surface area (Å²) in [5.74, 6) is -2.68. The topological polar surface area (TPSA) is 101 Å². The van der Waals surface area contributed by atoms with Gasteiger partial charge in [0.05, 0.1) is 6.42 Å². The number of hydrogen-bond donors (Lipinski definition) is 2. The number of ether oxygens (including phenoxy) is 1. The molecule has 0 amide bonds. The van der Waals surface area contributed by atoms with Crippen molar-refractivity contribution < 1.29 is 29.3 Å². The molecular formula is C9H14O6. The fourth-order valence-electron chi connectivity index (χ4n) is 0.951. The molecule has 0 saturated carbocycles. The van der Waals surface area contributed by atoms with Gasteiger partial charge in [0.2, 0.25) is 0 Å². The molecule has 0 heterocycles. The first-order valence-electron chi connectivity index (χ1n) is 4.58. The zero-order valence-electron chi connectivity index (χ0n) is 8.43. The molecule has 0 fully saturated rings. The Labute approximate surface area is 86.8 Å². The van der Waals surface area contributed by atoms with Crippen molar-refractivity contribution in [1.82, 2.24) is 0 Å². The maximum Gasteiger partial charge on any atom is 0.307 e. The van der Waals surface area contributed by atoms with E-state index in [2.05, 4.69) is 0 Å². The molecule has 0 rings (SSSR count). The second-order valence-corrected chi connectivity index (χ2v) is 3.00. The minimum Gasteiger partial charge on any atom is -0.481 e. The van der Waals surface area contributed by atoms with Gasteiger partial charge in [-0.3, -0.25) is 14.4 Å². The molecule has 6 heteroatoms. The number of aliphatic carboxylic acids is 2. The van der Waals surface area contributed by atoms with Gasteiger partial charge in [0.25, 0.3) is 0 Å².